The summed E-state index contributed by atoms with van der Waals surface area (Å²) >= 11 is 6.25. The number of alkyl halides is 1. The molecule has 0 fully saturated rings. The Hall–Kier alpha value is 0.290. The second-order valence-electron chi connectivity index (χ2n) is 5.21. The molecule has 1 heteroatoms. The lowest BCUT2D eigenvalue weighted by Gasteiger charge is -2.08. The molecule has 0 aromatic rings. The van der Waals surface area contributed by atoms with Crippen LogP contribution in [0.2, 0.25) is 0 Å². The molecule has 0 aliphatic rings. The second kappa shape index (κ2) is 14.4. The highest BCUT2D eigenvalue weighted by Crippen LogP contribution is 2.16. The first-order chi connectivity index (χ1) is 8.31. The third-order valence-corrected chi connectivity index (χ3v) is 3.82. The predicted molar refractivity (Wildman–Crippen MR) is 80.7 cm³/mol. The van der Waals surface area contributed by atoms with Crippen molar-refractivity contribution < 1.29 is 0 Å². The highest BCUT2D eigenvalue weighted by Gasteiger charge is 2.02. The maximum Gasteiger partial charge on any atom is 0.0336 e. The number of unbranched alkanes of at least 4 members (excludes halogenated alkanes) is 9. The maximum atomic E-state index is 6.25. The van der Waals surface area contributed by atoms with E-state index in [1.54, 1.807) is 0 Å². The Morgan fingerprint density at radius 3 is 1.76 bits per heavy atom. The van der Waals surface area contributed by atoms with Crippen LogP contribution < -0.4 is 0 Å². The predicted octanol–water partition coefficient (Wildman–Crippen LogP) is 6.52. The monoisotopic (exact) mass is 259 g/mol. The molecule has 0 N–H and O–H groups in total. The molecule has 0 aliphatic carbocycles. The number of hydrogen-bond acceptors (Lipinski definition) is 0. The lowest BCUT2D eigenvalue weighted by Crippen LogP contribution is -1.97. The molecule has 1 unspecified atom stereocenters. The third-order valence-electron chi connectivity index (χ3n) is 3.39. The highest BCUT2D eigenvalue weighted by atomic mass is 35.5. The van der Waals surface area contributed by atoms with Gasteiger partial charge in [-0.2, -0.15) is 0 Å². The smallest absolute Gasteiger partial charge is 0.0336 e. The van der Waals surface area contributed by atoms with Crippen LogP contribution in [-0.2, 0) is 0 Å². The molecule has 0 bridgehead atoms. The molecule has 0 amide bonds. The molecule has 0 nitrogen and oxygen atoms in total. The zero-order chi connectivity index (χ0) is 12.8. The van der Waals surface area contributed by atoms with Crippen molar-refractivity contribution in [2.75, 3.05) is 0 Å². The molecule has 103 valence electrons. The van der Waals surface area contributed by atoms with Crippen LogP contribution in [0.4, 0.5) is 0 Å². The number of rotatable bonds is 13. The Morgan fingerprint density at radius 1 is 0.765 bits per heavy atom. The van der Waals surface area contributed by atoms with E-state index >= 15 is 0 Å². The fourth-order valence-electron chi connectivity index (χ4n) is 2.17. The van der Waals surface area contributed by atoms with Gasteiger partial charge in [-0.15, -0.1) is 11.6 Å². The molecule has 17 heavy (non-hydrogen) atoms. The van der Waals surface area contributed by atoms with Gasteiger partial charge in [0.05, 0.1) is 0 Å². The molecule has 0 saturated heterocycles. The summed E-state index contributed by atoms with van der Waals surface area (Å²) in [6.45, 7) is 6.10. The van der Waals surface area contributed by atoms with Crippen LogP contribution in [0.5, 0.6) is 0 Å². The zero-order valence-corrected chi connectivity index (χ0v) is 12.6. The summed E-state index contributed by atoms with van der Waals surface area (Å²) in [6.07, 6.45) is 17.2. The lowest BCUT2D eigenvalue weighted by molar-refractivity contribution is 0.543. The van der Waals surface area contributed by atoms with E-state index in [2.05, 4.69) is 13.8 Å². The Labute approximate surface area is 115 Å². The Bertz CT molecular complexity index is 133. The lowest BCUT2D eigenvalue weighted by atomic mass is 10.0. The largest absolute Gasteiger partial charge is 0.123 e. The van der Waals surface area contributed by atoms with E-state index in [1.807, 2.05) is 0 Å². The summed E-state index contributed by atoms with van der Waals surface area (Å²) in [5.74, 6) is 0. The number of hydrogen-bond donors (Lipinski definition) is 0. The molecular weight excluding hydrogens is 228 g/mol. The number of halogens is 1. The SMILES string of the molecule is [CH2]CCCCCCCCCCC(Cl)CCCC. The summed E-state index contributed by atoms with van der Waals surface area (Å²) in [6, 6.07) is 0. The van der Waals surface area contributed by atoms with Crippen molar-refractivity contribution >= 4 is 11.6 Å². The van der Waals surface area contributed by atoms with Crippen LogP contribution in [-0.4, -0.2) is 5.38 Å². The van der Waals surface area contributed by atoms with Crippen molar-refractivity contribution in [2.45, 2.75) is 95.8 Å². The van der Waals surface area contributed by atoms with E-state index in [1.165, 1.54) is 77.0 Å². The summed E-state index contributed by atoms with van der Waals surface area (Å²) in [7, 11) is 0. The highest BCUT2D eigenvalue weighted by molar-refractivity contribution is 6.20. The van der Waals surface area contributed by atoms with Crippen molar-refractivity contribution in [3.8, 4) is 0 Å². The summed E-state index contributed by atoms with van der Waals surface area (Å²) in [4.78, 5) is 0. The van der Waals surface area contributed by atoms with E-state index in [4.69, 9.17) is 11.6 Å². The average Bonchev–Trinajstić information content (AvgIpc) is 2.34. The minimum absolute atomic E-state index is 0.437. The van der Waals surface area contributed by atoms with E-state index < -0.39 is 0 Å². The summed E-state index contributed by atoms with van der Waals surface area (Å²) < 4.78 is 0. The second-order valence-corrected chi connectivity index (χ2v) is 5.83. The molecule has 0 aromatic heterocycles. The van der Waals surface area contributed by atoms with E-state index in [-0.39, 0.29) is 0 Å². The van der Waals surface area contributed by atoms with Gasteiger partial charge in [0.1, 0.15) is 0 Å². The molecule has 0 rings (SSSR count). The first-order valence-corrected chi connectivity index (χ1v) is 8.18. The molecule has 0 spiro atoms. The quantitative estimate of drug-likeness (QED) is 0.261. The Morgan fingerprint density at radius 2 is 1.24 bits per heavy atom. The van der Waals surface area contributed by atoms with Crippen LogP contribution in [0, 0.1) is 6.92 Å². The first kappa shape index (κ1) is 17.3. The van der Waals surface area contributed by atoms with E-state index in [0.717, 1.165) is 6.42 Å². The van der Waals surface area contributed by atoms with Crippen molar-refractivity contribution in [3.05, 3.63) is 6.92 Å². The van der Waals surface area contributed by atoms with Gasteiger partial charge in [-0.3, -0.25) is 0 Å². The standard InChI is InChI=1S/C16H32Cl/c1-3-5-7-8-9-10-11-12-13-15-16(17)14-6-4-2/h16H,1,3-15H2,2H3. The minimum atomic E-state index is 0.437. The minimum Gasteiger partial charge on any atom is -0.123 e. The van der Waals surface area contributed by atoms with Crippen molar-refractivity contribution in [2.24, 2.45) is 0 Å². The normalized spacial score (nSPS) is 12.9. The van der Waals surface area contributed by atoms with Crippen molar-refractivity contribution in [1.29, 1.82) is 0 Å². The first-order valence-electron chi connectivity index (χ1n) is 7.74. The topological polar surface area (TPSA) is 0 Å². The van der Waals surface area contributed by atoms with Gasteiger partial charge in [0.15, 0.2) is 0 Å². The Kier molecular flexibility index (Phi) is 14.6. The van der Waals surface area contributed by atoms with Crippen LogP contribution in [0.25, 0.3) is 0 Å². The molecular formula is C16H32Cl. The van der Waals surface area contributed by atoms with Crippen LogP contribution >= 0.6 is 11.6 Å². The van der Waals surface area contributed by atoms with E-state index in [9.17, 15) is 0 Å². The molecule has 0 aromatic carbocycles. The Balaban J connectivity index is 3.02. The zero-order valence-electron chi connectivity index (χ0n) is 11.9. The van der Waals surface area contributed by atoms with Gasteiger partial charge < -0.3 is 0 Å². The van der Waals surface area contributed by atoms with Gasteiger partial charge in [0, 0.05) is 5.38 Å². The average molecular weight is 260 g/mol. The van der Waals surface area contributed by atoms with Gasteiger partial charge in [-0.25, -0.2) is 0 Å². The summed E-state index contributed by atoms with van der Waals surface area (Å²) in [5, 5.41) is 0.437. The van der Waals surface area contributed by atoms with Gasteiger partial charge in [0.25, 0.3) is 0 Å². The molecule has 0 aliphatic heterocycles. The van der Waals surface area contributed by atoms with Gasteiger partial charge >= 0.3 is 0 Å². The van der Waals surface area contributed by atoms with Gasteiger partial charge in [0.2, 0.25) is 0 Å². The summed E-state index contributed by atoms with van der Waals surface area (Å²) in [5.41, 5.74) is 0. The van der Waals surface area contributed by atoms with Gasteiger partial charge in [-0.05, 0) is 12.8 Å². The van der Waals surface area contributed by atoms with Crippen LogP contribution in [0.3, 0.4) is 0 Å². The van der Waals surface area contributed by atoms with Crippen molar-refractivity contribution in [1.82, 2.24) is 0 Å². The third kappa shape index (κ3) is 14.2. The van der Waals surface area contributed by atoms with Crippen molar-refractivity contribution in [3.63, 3.8) is 0 Å². The van der Waals surface area contributed by atoms with Gasteiger partial charge in [-0.1, -0.05) is 84.5 Å². The fourth-order valence-corrected chi connectivity index (χ4v) is 2.48. The van der Waals surface area contributed by atoms with Crippen LogP contribution in [0.15, 0.2) is 0 Å². The fraction of sp³-hybridized carbons (Fsp3) is 0.938. The molecule has 0 heterocycles. The van der Waals surface area contributed by atoms with E-state index in [0.29, 0.717) is 5.38 Å². The molecule has 0 saturated carbocycles. The molecule has 1 atom stereocenters. The molecule has 1 radical (unpaired) electrons. The maximum absolute atomic E-state index is 6.25. The van der Waals surface area contributed by atoms with Crippen LogP contribution in [0.1, 0.15) is 90.4 Å².